The van der Waals surface area contributed by atoms with Crippen molar-refractivity contribution in [2.75, 3.05) is 39.3 Å². The van der Waals surface area contributed by atoms with Gasteiger partial charge in [0.05, 0.1) is 19.6 Å². The van der Waals surface area contributed by atoms with E-state index in [0.29, 0.717) is 37.7 Å². The highest BCUT2D eigenvalue weighted by Crippen LogP contribution is 2.30. The van der Waals surface area contributed by atoms with Crippen molar-refractivity contribution in [2.24, 2.45) is 0 Å². The lowest BCUT2D eigenvalue weighted by atomic mass is 10.2. The van der Waals surface area contributed by atoms with Gasteiger partial charge < -0.3 is 19.5 Å². The third kappa shape index (κ3) is 6.38. The number of benzene rings is 1. The summed E-state index contributed by atoms with van der Waals surface area (Å²) in [7, 11) is 0. The molecule has 1 N–H and O–H groups in total. The van der Waals surface area contributed by atoms with Crippen molar-refractivity contribution >= 4 is 24.3 Å². The van der Waals surface area contributed by atoms with Crippen LogP contribution in [-0.2, 0) is 9.59 Å². The first-order valence-electron chi connectivity index (χ1n) is 8.63. The Kier molecular flexibility index (Phi) is 9.23. The van der Waals surface area contributed by atoms with Crippen LogP contribution >= 0.6 is 12.4 Å². The Morgan fingerprint density at radius 3 is 2.50 bits per heavy atom. The van der Waals surface area contributed by atoms with Crippen LogP contribution in [0.25, 0.3) is 0 Å². The number of carboxylic acids is 1. The second kappa shape index (κ2) is 10.9. The quantitative estimate of drug-likeness (QED) is 0.698. The molecule has 146 valence electrons. The van der Waals surface area contributed by atoms with E-state index < -0.39 is 5.97 Å². The fourth-order valence-electron chi connectivity index (χ4n) is 2.82. The van der Waals surface area contributed by atoms with Gasteiger partial charge in [-0.1, -0.05) is 19.1 Å². The number of hydrogen-bond donors (Lipinski definition) is 1. The Morgan fingerprint density at radius 1 is 1.19 bits per heavy atom. The molecular formula is C18H27ClN2O5. The van der Waals surface area contributed by atoms with Crippen LogP contribution in [-0.4, -0.2) is 72.2 Å². The number of halogens is 1. The fourth-order valence-corrected chi connectivity index (χ4v) is 2.82. The Morgan fingerprint density at radius 2 is 1.88 bits per heavy atom. The molecule has 1 aromatic carbocycles. The molecule has 1 aliphatic heterocycles. The van der Waals surface area contributed by atoms with E-state index in [2.05, 4.69) is 0 Å². The minimum Gasteiger partial charge on any atom is -0.486 e. The van der Waals surface area contributed by atoms with Crippen LogP contribution in [0.3, 0.4) is 0 Å². The zero-order chi connectivity index (χ0) is 18.2. The second-order valence-electron chi connectivity index (χ2n) is 6.03. The number of likely N-dealkylation sites (N-methyl/N-ethyl adjacent to an activating group) is 1. The smallest absolute Gasteiger partial charge is 0.317 e. The lowest BCUT2D eigenvalue weighted by Gasteiger charge is -2.32. The van der Waals surface area contributed by atoms with Gasteiger partial charge in [-0.2, -0.15) is 0 Å². The summed E-state index contributed by atoms with van der Waals surface area (Å²) >= 11 is 0. The van der Waals surface area contributed by atoms with Crippen molar-refractivity contribution in [1.82, 2.24) is 9.80 Å². The lowest BCUT2D eigenvalue weighted by molar-refractivity contribution is -0.140. The fraction of sp³-hybridized carbons (Fsp3) is 0.556. The number of aliphatic carboxylic acids is 1. The van der Waals surface area contributed by atoms with E-state index in [9.17, 15) is 9.59 Å². The molecule has 2 rings (SSSR count). The van der Waals surface area contributed by atoms with E-state index in [1.807, 2.05) is 38.1 Å². The van der Waals surface area contributed by atoms with Crippen LogP contribution in [0.5, 0.6) is 11.5 Å². The molecule has 0 spiro atoms. The summed E-state index contributed by atoms with van der Waals surface area (Å²) in [5.74, 6) is 0.369. The molecule has 0 fully saturated rings. The van der Waals surface area contributed by atoms with E-state index in [1.165, 1.54) is 0 Å². The maximum atomic E-state index is 12.6. The number of ether oxygens (including phenoxy) is 2. The monoisotopic (exact) mass is 386 g/mol. The van der Waals surface area contributed by atoms with Crippen molar-refractivity contribution in [3.05, 3.63) is 24.3 Å². The summed E-state index contributed by atoms with van der Waals surface area (Å²) in [5.41, 5.74) is 0. The minimum absolute atomic E-state index is 0. The lowest BCUT2D eigenvalue weighted by Crippen LogP contribution is -2.47. The van der Waals surface area contributed by atoms with E-state index in [0.717, 1.165) is 6.42 Å². The van der Waals surface area contributed by atoms with E-state index >= 15 is 0 Å². The molecular weight excluding hydrogens is 360 g/mol. The summed E-state index contributed by atoms with van der Waals surface area (Å²) in [6.07, 6.45) is 0.557. The number of para-hydroxylation sites is 2. The molecule has 0 bridgehead atoms. The molecule has 0 saturated carbocycles. The maximum Gasteiger partial charge on any atom is 0.317 e. The SMILES string of the molecule is CCCN(CC(=O)O)CC(=O)N(CC)CC1COc2ccccc2O1.Cl. The van der Waals surface area contributed by atoms with Gasteiger partial charge in [0, 0.05) is 6.54 Å². The third-order valence-corrected chi connectivity index (χ3v) is 3.98. The molecule has 8 heteroatoms. The minimum atomic E-state index is -0.926. The molecule has 1 atom stereocenters. The summed E-state index contributed by atoms with van der Waals surface area (Å²) in [4.78, 5) is 26.8. The predicted octanol–water partition coefficient (Wildman–Crippen LogP) is 1.89. The molecule has 1 unspecified atom stereocenters. The highest BCUT2D eigenvalue weighted by Gasteiger charge is 2.25. The average molecular weight is 387 g/mol. The Labute approximate surface area is 160 Å². The first kappa shape index (κ1) is 22.1. The Hall–Kier alpha value is -1.99. The van der Waals surface area contributed by atoms with Gasteiger partial charge in [0.15, 0.2) is 17.6 Å². The van der Waals surface area contributed by atoms with Gasteiger partial charge in [0.2, 0.25) is 5.91 Å². The molecule has 26 heavy (non-hydrogen) atoms. The second-order valence-corrected chi connectivity index (χ2v) is 6.03. The topological polar surface area (TPSA) is 79.3 Å². The van der Waals surface area contributed by atoms with E-state index in [1.54, 1.807) is 9.80 Å². The van der Waals surface area contributed by atoms with Crippen LogP contribution < -0.4 is 9.47 Å². The Balaban J connectivity index is 0.00000338. The van der Waals surface area contributed by atoms with Gasteiger partial charge in [-0.25, -0.2) is 0 Å². The van der Waals surface area contributed by atoms with Gasteiger partial charge in [0.1, 0.15) is 6.61 Å². The Bertz CT molecular complexity index is 599. The van der Waals surface area contributed by atoms with Gasteiger partial charge >= 0.3 is 5.97 Å². The normalized spacial score (nSPS) is 15.3. The van der Waals surface area contributed by atoms with Gasteiger partial charge in [-0.05, 0) is 32.0 Å². The third-order valence-electron chi connectivity index (χ3n) is 3.98. The highest BCUT2D eigenvalue weighted by molar-refractivity contribution is 5.85. The number of fused-ring (bicyclic) bond motifs is 1. The van der Waals surface area contributed by atoms with Crippen molar-refractivity contribution < 1.29 is 24.2 Å². The largest absolute Gasteiger partial charge is 0.486 e. The van der Waals surface area contributed by atoms with E-state index in [4.69, 9.17) is 14.6 Å². The number of carbonyl (C=O) groups is 2. The standard InChI is InChI=1S/C18H26N2O5.ClH/c1-3-9-19(12-18(22)23)11-17(21)20(4-2)10-14-13-24-15-7-5-6-8-16(15)25-14;/h5-8,14H,3-4,9-13H2,1-2H3,(H,22,23);1H. The van der Waals surface area contributed by atoms with Crippen molar-refractivity contribution in [3.63, 3.8) is 0 Å². The summed E-state index contributed by atoms with van der Waals surface area (Å²) in [6.45, 7) is 5.73. The summed E-state index contributed by atoms with van der Waals surface area (Å²) < 4.78 is 11.6. The van der Waals surface area contributed by atoms with Crippen molar-refractivity contribution in [3.8, 4) is 11.5 Å². The number of carboxylic acid groups (broad SMARTS) is 1. The number of rotatable bonds is 9. The van der Waals surface area contributed by atoms with Crippen molar-refractivity contribution in [1.29, 1.82) is 0 Å². The molecule has 1 aliphatic rings. The predicted molar refractivity (Wildman–Crippen MR) is 100 cm³/mol. The first-order chi connectivity index (χ1) is 12.0. The first-order valence-corrected chi connectivity index (χ1v) is 8.63. The van der Waals surface area contributed by atoms with Crippen LogP contribution in [0.2, 0.25) is 0 Å². The summed E-state index contributed by atoms with van der Waals surface area (Å²) in [5, 5.41) is 8.97. The maximum absolute atomic E-state index is 12.6. The molecule has 0 saturated heterocycles. The van der Waals surface area contributed by atoms with Crippen molar-refractivity contribution in [2.45, 2.75) is 26.4 Å². The summed E-state index contributed by atoms with van der Waals surface area (Å²) in [6, 6.07) is 7.45. The zero-order valence-corrected chi connectivity index (χ0v) is 16.0. The number of amides is 1. The number of nitrogens with zero attached hydrogens (tertiary/aromatic N) is 2. The van der Waals surface area contributed by atoms with Gasteiger partial charge in [-0.15, -0.1) is 12.4 Å². The molecule has 0 aliphatic carbocycles. The van der Waals surface area contributed by atoms with Crippen LogP contribution in [0, 0.1) is 0 Å². The highest BCUT2D eigenvalue weighted by atomic mass is 35.5. The molecule has 1 amide bonds. The molecule has 0 radical (unpaired) electrons. The number of carbonyl (C=O) groups excluding carboxylic acids is 1. The van der Waals surface area contributed by atoms with Gasteiger partial charge in [0.25, 0.3) is 0 Å². The van der Waals surface area contributed by atoms with E-state index in [-0.39, 0.29) is 37.5 Å². The molecule has 1 heterocycles. The zero-order valence-electron chi connectivity index (χ0n) is 15.2. The molecule has 7 nitrogen and oxygen atoms in total. The molecule has 0 aromatic heterocycles. The van der Waals surface area contributed by atoms with Crippen LogP contribution in [0.1, 0.15) is 20.3 Å². The van der Waals surface area contributed by atoms with Crippen LogP contribution in [0.4, 0.5) is 0 Å². The number of hydrogen-bond acceptors (Lipinski definition) is 5. The molecule has 1 aromatic rings. The average Bonchev–Trinajstić information content (AvgIpc) is 2.59. The van der Waals surface area contributed by atoms with Crippen LogP contribution in [0.15, 0.2) is 24.3 Å². The van der Waals surface area contributed by atoms with Gasteiger partial charge in [-0.3, -0.25) is 14.5 Å².